The number of aliphatic carboxylic acids is 1. The Morgan fingerprint density at radius 2 is 2.19 bits per heavy atom. The van der Waals surface area contributed by atoms with Crippen molar-refractivity contribution in [1.82, 2.24) is 9.88 Å². The van der Waals surface area contributed by atoms with Crippen LogP contribution >= 0.6 is 22.9 Å². The van der Waals surface area contributed by atoms with E-state index < -0.39 is 12.1 Å². The maximum atomic E-state index is 15.5. The van der Waals surface area contributed by atoms with Gasteiger partial charge in [-0.2, -0.15) is 0 Å². The molecule has 1 aliphatic rings. The lowest BCUT2D eigenvalue weighted by Crippen LogP contribution is -2.41. The minimum absolute atomic E-state index is 0.124. The first-order valence-corrected chi connectivity index (χ1v) is 13.4. The number of nitrogens with zero attached hydrogens (tertiary/aromatic N) is 2. The third-order valence-corrected chi connectivity index (χ3v) is 8.19. The Labute approximate surface area is 220 Å². The number of benzene rings is 1. The van der Waals surface area contributed by atoms with Gasteiger partial charge in [0.25, 0.3) is 0 Å². The van der Waals surface area contributed by atoms with E-state index in [1.807, 2.05) is 29.6 Å². The van der Waals surface area contributed by atoms with Crippen LogP contribution < -0.4 is 4.74 Å². The number of aromatic nitrogens is 1. The molecule has 8 heteroatoms. The van der Waals surface area contributed by atoms with E-state index in [2.05, 4.69) is 21.7 Å². The van der Waals surface area contributed by atoms with Gasteiger partial charge >= 0.3 is 5.97 Å². The van der Waals surface area contributed by atoms with Crippen LogP contribution in [0.1, 0.15) is 48.7 Å². The molecule has 1 saturated heterocycles. The predicted molar refractivity (Wildman–Crippen MR) is 142 cm³/mol. The van der Waals surface area contributed by atoms with E-state index >= 15 is 4.39 Å². The molecule has 0 bridgehead atoms. The quantitative estimate of drug-likeness (QED) is 0.317. The van der Waals surface area contributed by atoms with Gasteiger partial charge in [-0.15, -0.1) is 11.3 Å². The molecule has 2 unspecified atom stereocenters. The van der Waals surface area contributed by atoms with Crippen LogP contribution in [-0.4, -0.2) is 47.7 Å². The van der Waals surface area contributed by atoms with Crippen LogP contribution in [-0.2, 0) is 4.79 Å². The zero-order valence-corrected chi connectivity index (χ0v) is 21.8. The number of piperidine rings is 1. The normalized spacial score (nSPS) is 19.0. The van der Waals surface area contributed by atoms with Gasteiger partial charge in [0.1, 0.15) is 11.9 Å². The lowest BCUT2D eigenvalue weighted by Gasteiger charge is -2.38. The highest BCUT2D eigenvalue weighted by Crippen LogP contribution is 2.36. The summed E-state index contributed by atoms with van der Waals surface area (Å²) in [5.41, 5.74) is 1.37. The highest BCUT2D eigenvalue weighted by atomic mass is 35.5. The fourth-order valence-electron chi connectivity index (χ4n) is 4.99. The molecule has 190 valence electrons. The first-order chi connectivity index (χ1) is 17.4. The number of rotatable bonds is 9. The molecule has 0 amide bonds. The van der Waals surface area contributed by atoms with Gasteiger partial charge in [-0.1, -0.05) is 23.4 Å². The van der Waals surface area contributed by atoms with Gasteiger partial charge in [-0.3, -0.25) is 14.7 Å². The molecule has 0 radical (unpaired) electrons. The zero-order valence-electron chi connectivity index (χ0n) is 20.3. The number of hydrogen-bond acceptors (Lipinski definition) is 5. The average Bonchev–Trinajstić information content (AvgIpc) is 3.30. The second-order valence-electron chi connectivity index (χ2n) is 9.20. The lowest BCUT2D eigenvalue weighted by molar-refractivity contribution is -0.137. The summed E-state index contributed by atoms with van der Waals surface area (Å²) >= 11 is 7.65. The fourth-order valence-corrected chi connectivity index (χ4v) is 5.96. The molecule has 1 fully saturated rings. The molecule has 3 aromatic rings. The van der Waals surface area contributed by atoms with Crippen LogP contribution in [0.25, 0.3) is 10.9 Å². The summed E-state index contributed by atoms with van der Waals surface area (Å²) in [7, 11) is 1.59. The maximum Gasteiger partial charge on any atom is 0.303 e. The van der Waals surface area contributed by atoms with E-state index in [1.165, 1.54) is 11.3 Å². The third-order valence-electron chi connectivity index (χ3n) is 6.94. The van der Waals surface area contributed by atoms with Crippen molar-refractivity contribution in [3.63, 3.8) is 0 Å². The Morgan fingerprint density at radius 1 is 1.33 bits per heavy atom. The number of thiophene rings is 1. The molecular formula is C28H30ClFN2O3S. The van der Waals surface area contributed by atoms with Gasteiger partial charge in [-0.25, -0.2) is 4.39 Å². The Hall–Kier alpha value is -2.66. The lowest BCUT2D eigenvalue weighted by atomic mass is 9.79. The van der Waals surface area contributed by atoms with Crippen molar-refractivity contribution in [2.75, 3.05) is 26.7 Å². The monoisotopic (exact) mass is 528 g/mol. The topological polar surface area (TPSA) is 62.7 Å². The van der Waals surface area contributed by atoms with E-state index in [0.717, 1.165) is 35.3 Å². The summed E-state index contributed by atoms with van der Waals surface area (Å²) < 4.78 is 20.8. The minimum Gasteiger partial charge on any atom is -0.497 e. The van der Waals surface area contributed by atoms with Crippen molar-refractivity contribution in [3.8, 4) is 17.6 Å². The van der Waals surface area contributed by atoms with Gasteiger partial charge in [0.2, 0.25) is 0 Å². The SMILES string of the molecule is COc1ccc2nccc([C@@H](F)CCC3CCN(CC#Cc4sccc4Cl)CC3CCC(=O)O)c2c1. The molecule has 5 nitrogen and oxygen atoms in total. The van der Waals surface area contributed by atoms with Crippen molar-refractivity contribution in [1.29, 1.82) is 0 Å². The predicted octanol–water partition coefficient (Wildman–Crippen LogP) is 6.60. The Morgan fingerprint density at radius 3 is 2.94 bits per heavy atom. The molecule has 4 rings (SSSR count). The van der Waals surface area contributed by atoms with Crippen molar-refractivity contribution < 1.29 is 19.0 Å². The van der Waals surface area contributed by atoms with E-state index in [9.17, 15) is 9.90 Å². The van der Waals surface area contributed by atoms with Gasteiger partial charge in [0.05, 0.1) is 29.1 Å². The summed E-state index contributed by atoms with van der Waals surface area (Å²) in [4.78, 5) is 18.8. The van der Waals surface area contributed by atoms with Crippen molar-refractivity contribution in [2.45, 2.75) is 38.3 Å². The second kappa shape index (κ2) is 12.5. The number of hydrogen-bond donors (Lipinski definition) is 1. The van der Waals surface area contributed by atoms with Gasteiger partial charge in [0, 0.05) is 24.5 Å². The van der Waals surface area contributed by atoms with Crippen molar-refractivity contribution in [2.24, 2.45) is 11.8 Å². The molecule has 0 saturated carbocycles. The molecule has 1 N–H and O–H groups in total. The van der Waals surface area contributed by atoms with Crippen molar-refractivity contribution >= 4 is 39.8 Å². The molecule has 3 atom stereocenters. The number of carboxylic acid groups (broad SMARTS) is 1. The van der Waals surface area contributed by atoms with Crippen LogP contribution in [0.5, 0.6) is 5.75 Å². The Bertz CT molecular complexity index is 1250. The first kappa shape index (κ1) is 26.4. The summed E-state index contributed by atoms with van der Waals surface area (Å²) in [6.45, 7) is 2.26. The van der Waals surface area contributed by atoms with Crippen LogP contribution in [0.15, 0.2) is 41.9 Å². The highest BCUT2D eigenvalue weighted by molar-refractivity contribution is 7.11. The minimum atomic E-state index is -1.12. The summed E-state index contributed by atoms with van der Waals surface area (Å²) in [6.07, 6.45) is 3.25. The van der Waals surface area contributed by atoms with E-state index in [-0.39, 0.29) is 18.3 Å². The number of methoxy groups -OCH3 is 1. The Balaban J connectivity index is 1.40. The number of pyridine rings is 1. The van der Waals surface area contributed by atoms with Crippen LogP contribution in [0.2, 0.25) is 5.02 Å². The van der Waals surface area contributed by atoms with E-state index in [1.54, 1.807) is 19.4 Å². The van der Waals surface area contributed by atoms with E-state index in [0.29, 0.717) is 42.1 Å². The van der Waals surface area contributed by atoms with Crippen LogP contribution in [0, 0.1) is 23.7 Å². The molecular weight excluding hydrogens is 499 g/mol. The number of likely N-dealkylation sites (tertiary alicyclic amines) is 1. The maximum absolute atomic E-state index is 15.5. The molecule has 0 spiro atoms. The summed E-state index contributed by atoms with van der Waals surface area (Å²) in [5, 5.41) is 12.6. The molecule has 1 aliphatic heterocycles. The smallest absolute Gasteiger partial charge is 0.303 e. The zero-order chi connectivity index (χ0) is 25.5. The first-order valence-electron chi connectivity index (χ1n) is 12.2. The van der Waals surface area contributed by atoms with E-state index in [4.69, 9.17) is 16.3 Å². The average molecular weight is 529 g/mol. The number of fused-ring (bicyclic) bond motifs is 1. The molecule has 1 aromatic carbocycles. The number of halogens is 2. The largest absolute Gasteiger partial charge is 0.497 e. The standard InChI is InChI=1S/C28H30ClFN2O3S/c1-35-21-6-8-26-23(17-21)22(10-13-31-26)25(30)7-4-19-11-15-32(18-20(19)5-9-28(33)34)14-2-3-27-24(29)12-16-36-27/h6,8,10,12-13,16-17,19-20,25H,4-5,7,9,11,14-15,18H2,1H3,(H,33,34)/t19?,20?,25-/m0/s1. The van der Waals surface area contributed by atoms with Crippen LogP contribution in [0.4, 0.5) is 4.39 Å². The highest BCUT2D eigenvalue weighted by Gasteiger charge is 2.30. The van der Waals surface area contributed by atoms with Crippen molar-refractivity contribution in [3.05, 3.63) is 57.4 Å². The van der Waals surface area contributed by atoms with Crippen LogP contribution in [0.3, 0.4) is 0 Å². The summed E-state index contributed by atoms with van der Waals surface area (Å²) in [6, 6.07) is 9.09. The van der Waals surface area contributed by atoms with Gasteiger partial charge < -0.3 is 9.84 Å². The Kier molecular flexibility index (Phi) is 9.19. The molecule has 3 heterocycles. The molecule has 36 heavy (non-hydrogen) atoms. The number of ether oxygens (including phenoxy) is 1. The number of carbonyl (C=O) groups is 1. The summed E-state index contributed by atoms with van der Waals surface area (Å²) in [5.74, 6) is 6.70. The number of carboxylic acids is 1. The fraction of sp³-hybridized carbons (Fsp3) is 0.429. The van der Waals surface area contributed by atoms with Gasteiger partial charge in [-0.05, 0) is 85.3 Å². The molecule has 2 aromatic heterocycles. The molecule has 0 aliphatic carbocycles. The van der Waals surface area contributed by atoms with Gasteiger partial charge in [0.15, 0.2) is 0 Å². The second-order valence-corrected chi connectivity index (χ2v) is 10.5. The number of alkyl halides is 1. The third kappa shape index (κ3) is 6.76.